The molecule has 0 fully saturated rings. The van der Waals surface area contributed by atoms with Crippen LogP contribution in [0.3, 0.4) is 0 Å². The number of rotatable bonds is 23. The molecule has 0 atom stereocenters. The maximum absolute atomic E-state index is 6.51. The Bertz CT molecular complexity index is 427. The normalized spacial score (nSPS) is 12.4. The van der Waals surface area contributed by atoms with Crippen LogP contribution >= 0.6 is 0 Å². The Morgan fingerprint density at radius 1 is 0.471 bits per heavy atom. The second kappa shape index (κ2) is 24.5. The maximum Gasteiger partial charge on any atom is 1.00 e. The van der Waals surface area contributed by atoms with Gasteiger partial charge in [0.25, 0.3) is 0 Å². The molecule has 0 rings (SSSR count). The molecular weight excluding hydrogens is 608 g/mol. The molecule has 0 aliphatic rings. The molecular formula is C21H54BCsO8Si3. The van der Waals surface area contributed by atoms with E-state index >= 15 is 0 Å². The minimum Gasteiger partial charge on any atom is -0.437 e. The van der Waals surface area contributed by atoms with Gasteiger partial charge in [-0.2, -0.15) is 0 Å². The van der Waals surface area contributed by atoms with Crippen molar-refractivity contribution in [1.82, 2.24) is 0 Å². The Labute approximate surface area is 273 Å². The molecule has 0 saturated carbocycles. The summed E-state index contributed by atoms with van der Waals surface area (Å²) in [6.45, 7) is 22.1. The fourth-order valence-electron chi connectivity index (χ4n) is 3.04. The molecule has 0 aliphatic heterocycles. The Balaban J connectivity index is -0.00000480. The Hall–Kier alpha value is 2.45. The quantitative estimate of drug-likeness (QED) is 0.107. The molecule has 202 valence electrons. The first kappa shape index (κ1) is 40.9. The monoisotopic (exact) mass is 662 g/mol. The van der Waals surface area contributed by atoms with Crippen molar-refractivity contribution < 1.29 is 106 Å². The summed E-state index contributed by atoms with van der Waals surface area (Å²) in [5, 5.41) is 0. The molecule has 0 bridgehead atoms. The van der Waals surface area contributed by atoms with Gasteiger partial charge in [0.2, 0.25) is 0 Å². The summed E-state index contributed by atoms with van der Waals surface area (Å²) in [5.41, 5.74) is 0. The topological polar surface area (TPSA) is 73.8 Å². The summed E-state index contributed by atoms with van der Waals surface area (Å²) in [5.74, 6) is 0. The van der Waals surface area contributed by atoms with Gasteiger partial charge in [-0.05, 0) is 58.3 Å². The molecule has 0 amide bonds. The van der Waals surface area contributed by atoms with Crippen molar-refractivity contribution in [3.63, 3.8) is 0 Å². The molecule has 0 aliphatic carbocycles. The van der Waals surface area contributed by atoms with E-state index in [0.29, 0.717) is 72.7 Å². The van der Waals surface area contributed by atoms with E-state index in [1.807, 2.05) is 0 Å². The minimum atomic E-state index is -2.16. The molecule has 13 heteroatoms. The molecule has 0 spiro atoms. The first-order valence-electron chi connectivity index (χ1n) is 11.8. The van der Waals surface area contributed by atoms with Gasteiger partial charge in [0.1, 0.15) is 0 Å². The third kappa shape index (κ3) is 30.7. The molecule has 34 heavy (non-hydrogen) atoms. The van der Waals surface area contributed by atoms with Gasteiger partial charge in [-0.15, -0.1) is 0 Å². The predicted molar refractivity (Wildman–Crippen MR) is 147 cm³/mol. The van der Waals surface area contributed by atoms with Crippen LogP contribution in [-0.4, -0.2) is 113 Å². The molecule has 0 radical (unpaired) electrons. The van der Waals surface area contributed by atoms with Crippen LogP contribution in [0.15, 0.2) is 0 Å². The van der Waals surface area contributed by atoms with Crippen LogP contribution in [0.1, 0.15) is 6.42 Å². The zero-order chi connectivity index (χ0) is 24.3. The summed E-state index contributed by atoms with van der Waals surface area (Å²) in [7, 11) is -3.78. The predicted octanol–water partition coefficient (Wildman–Crippen LogP) is -0.567. The molecule has 0 unspecified atom stereocenters. The third-order valence-corrected chi connectivity index (χ3v) is 13.5. The number of methoxy groups -OCH3 is 1. The van der Waals surface area contributed by atoms with E-state index in [-0.39, 0.29) is 77.3 Å². The van der Waals surface area contributed by atoms with Crippen molar-refractivity contribution >= 4 is 33.6 Å². The van der Waals surface area contributed by atoms with E-state index in [1.165, 1.54) is 0 Å². The van der Waals surface area contributed by atoms with Crippen LogP contribution < -0.4 is 68.9 Å². The van der Waals surface area contributed by atoms with Gasteiger partial charge in [-0.3, -0.25) is 0 Å². The van der Waals surface area contributed by atoms with E-state index in [4.69, 9.17) is 36.7 Å². The zero-order valence-electron chi connectivity index (χ0n) is 23.0. The van der Waals surface area contributed by atoms with E-state index in [1.54, 1.807) is 7.11 Å². The van der Waals surface area contributed by atoms with E-state index in [2.05, 4.69) is 45.8 Å². The van der Waals surface area contributed by atoms with Gasteiger partial charge in [0.15, 0.2) is 16.6 Å². The second-order valence-corrected chi connectivity index (χ2v) is 22.6. The summed E-state index contributed by atoms with van der Waals surface area (Å²) in [6.07, 6.45) is 0.957. The summed E-state index contributed by atoms with van der Waals surface area (Å²) in [4.78, 5) is 0. The van der Waals surface area contributed by atoms with Gasteiger partial charge >= 0.3 is 77.5 Å². The van der Waals surface area contributed by atoms with E-state index in [9.17, 15) is 0 Å². The maximum atomic E-state index is 6.51. The molecule has 0 aromatic carbocycles. The first-order valence-corrected chi connectivity index (χ1v) is 21.1. The number of hydrogen-bond donors (Lipinski definition) is 0. The van der Waals surface area contributed by atoms with Gasteiger partial charge in [0, 0.05) is 13.7 Å². The van der Waals surface area contributed by atoms with E-state index in [0.717, 1.165) is 12.5 Å². The number of hydrogen-bond acceptors (Lipinski definition) is 8. The van der Waals surface area contributed by atoms with Gasteiger partial charge in [-0.25, -0.2) is 0 Å². The van der Waals surface area contributed by atoms with Crippen molar-refractivity contribution in [2.24, 2.45) is 0 Å². The van der Waals surface area contributed by atoms with Crippen molar-refractivity contribution in [3.8, 4) is 0 Å². The van der Waals surface area contributed by atoms with Gasteiger partial charge < -0.3 is 36.7 Å². The fourth-order valence-corrected chi connectivity index (χ4v) is 15.5. The van der Waals surface area contributed by atoms with Crippen LogP contribution in [0.5, 0.6) is 0 Å². The average Bonchev–Trinajstić information content (AvgIpc) is 2.64. The zero-order valence-corrected chi connectivity index (χ0v) is 32.2. The third-order valence-electron chi connectivity index (χ3n) is 3.88. The van der Waals surface area contributed by atoms with Gasteiger partial charge in [-0.1, -0.05) is 8.41 Å². The van der Waals surface area contributed by atoms with Crippen LogP contribution in [0, 0.1) is 0 Å². The smallest absolute Gasteiger partial charge is 0.437 e. The van der Waals surface area contributed by atoms with Crippen LogP contribution in [0.25, 0.3) is 0 Å². The number of ether oxygens (including phenoxy) is 6. The van der Waals surface area contributed by atoms with Crippen molar-refractivity contribution in [3.05, 3.63) is 0 Å². The first-order chi connectivity index (χ1) is 15.0. The molecule has 0 aromatic heterocycles. The Morgan fingerprint density at radius 2 is 0.765 bits per heavy atom. The average molecular weight is 663 g/mol. The molecule has 0 saturated heterocycles. The second-order valence-electron chi connectivity index (χ2n) is 9.72. The van der Waals surface area contributed by atoms with Crippen LogP contribution in [0.4, 0.5) is 0 Å². The summed E-state index contributed by atoms with van der Waals surface area (Å²) < 4.78 is 45.4. The Kier molecular flexibility index (Phi) is 29.5. The molecule has 0 N–H and O–H groups in total. The Morgan fingerprint density at radius 3 is 1.06 bits per heavy atom. The standard InChI is InChI=1S/C21H50O8Si3.BH4.Cs/c1-22-11-12-24-15-16-26-19-20-27-18-17-25-14-13-23-10-9-21-32(8,28-30(2,3)4)29-31(5,6)7;;/h9-21H2,1-8H3;1H4;/q;-1;+1. The summed E-state index contributed by atoms with van der Waals surface area (Å²) >= 11 is 0. The van der Waals surface area contributed by atoms with Crippen LogP contribution in [0.2, 0.25) is 51.9 Å². The van der Waals surface area contributed by atoms with Gasteiger partial charge in [0.05, 0.1) is 66.1 Å². The SMILES string of the molecule is COCCOCCOCCOCCOCCOCCC[Si](C)(O[Si](C)(C)C)O[Si](C)(C)C.[BH4-].[Cs+]. The van der Waals surface area contributed by atoms with Crippen LogP contribution in [-0.2, 0) is 36.7 Å². The molecule has 0 heterocycles. The van der Waals surface area contributed by atoms with Crippen molar-refractivity contribution in [2.75, 3.05) is 79.8 Å². The molecule has 8 nitrogen and oxygen atoms in total. The fraction of sp³-hybridized carbons (Fsp3) is 1.00. The van der Waals surface area contributed by atoms with E-state index < -0.39 is 25.2 Å². The van der Waals surface area contributed by atoms with Crippen molar-refractivity contribution in [1.29, 1.82) is 0 Å². The molecule has 0 aromatic rings. The minimum absolute atomic E-state index is 0. The largest absolute Gasteiger partial charge is 1.00 e. The van der Waals surface area contributed by atoms with Crippen molar-refractivity contribution in [2.45, 2.75) is 58.3 Å². The summed E-state index contributed by atoms with van der Waals surface area (Å²) in [6, 6.07) is 0.970.